The number of benzene rings is 3. The second-order valence-corrected chi connectivity index (χ2v) is 12.9. The number of rotatable bonds is 17. The van der Waals surface area contributed by atoms with Crippen molar-refractivity contribution in [3.05, 3.63) is 125 Å². The van der Waals surface area contributed by atoms with E-state index in [-0.39, 0.29) is 31.1 Å². The van der Waals surface area contributed by atoms with Crippen LogP contribution in [0.4, 0.5) is 0 Å². The molecule has 0 radical (unpaired) electrons. The molecule has 2 amide bonds. The topological polar surface area (TPSA) is 133 Å². The highest BCUT2D eigenvalue weighted by molar-refractivity contribution is 5.76. The van der Waals surface area contributed by atoms with E-state index in [2.05, 4.69) is 52.6 Å². The summed E-state index contributed by atoms with van der Waals surface area (Å²) in [5, 5.41) is 21.1. The Morgan fingerprint density at radius 3 is 2.34 bits per heavy atom. The fraction of sp³-hybridized carbons (Fsp3) is 0.375. The van der Waals surface area contributed by atoms with Crippen LogP contribution in [0.1, 0.15) is 78.9 Å². The predicted molar refractivity (Wildman–Crippen MR) is 191 cm³/mol. The van der Waals surface area contributed by atoms with Crippen LogP contribution in [0, 0.1) is 0 Å². The molecule has 10 heteroatoms. The van der Waals surface area contributed by atoms with Crippen LogP contribution in [-0.4, -0.2) is 58.3 Å². The Balaban J connectivity index is 1.23. The first-order valence-corrected chi connectivity index (χ1v) is 17.4. The first-order chi connectivity index (χ1) is 24.4. The number of likely N-dealkylation sites (N-methyl/N-ethyl adjacent to an activating group) is 1. The molecule has 1 saturated heterocycles. The standard InChI is InChI=1S/C40H48N4O6/c1-44(22-20-35-13-5-6-21-41-35)27-36-25-37(31-18-16-29(28-45)17-19-31)50-40(49-36)34-12-8-11-33(24-34)32-10-7-9-30(23-32)26-42-38(46)14-3-2-4-15-39(47)43-48/h5-13,16-19,21,23-24,36-37,40,45,48H,2-4,14-15,20,22,25-28H2,1H3,(H,42,46)(H,43,47)/t36-,37+,40+/m0/s1. The number of amides is 2. The van der Waals surface area contributed by atoms with Gasteiger partial charge in [-0.15, -0.1) is 0 Å². The first kappa shape index (κ1) is 36.8. The van der Waals surface area contributed by atoms with Gasteiger partial charge < -0.3 is 24.8 Å². The maximum absolute atomic E-state index is 12.4. The fourth-order valence-electron chi connectivity index (χ4n) is 6.14. The van der Waals surface area contributed by atoms with Crippen LogP contribution in [-0.2, 0) is 38.6 Å². The normalized spacial score (nSPS) is 17.4. The second-order valence-electron chi connectivity index (χ2n) is 12.9. The third-order valence-corrected chi connectivity index (χ3v) is 8.95. The molecule has 0 spiro atoms. The Kier molecular flexibility index (Phi) is 14.0. The van der Waals surface area contributed by atoms with Gasteiger partial charge in [-0.25, -0.2) is 5.48 Å². The molecule has 1 aliphatic rings. The molecule has 0 unspecified atom stereocenters. The molecular formula is C40H48N4O6. The van der Waals surface area contributed by atoms with Crippen molar-refractivity contribution in [1.29, 1.82) is 0 Å². The Bertz CT molecular complexity index is 1650. The number of pyridine rings is 1. The average molecular weight is 681 g/mol. The summed E-state index contributed by atoms with van der Waals surface area (Å²) >= 11 is 0. The maximum Gasteiger partial charge on any atom is 0.243 e. The minimum absolute atomic E-state index is 0.00333. The molecule has 0 bridgehead atoms. The largest absolute Gasteiger partial charge is 0.392 e. The molecule has 1 fully saturated rings. The minimum Gasteiger partial charge on any atom is -0.392 e. The number of aliphatic hydroxyl groups excluding tert-OH is 1. The van der Waals surface area contributed by atoms with Crippen molar-refractivity contribution in [2.24, 2.45) is 0 Å². The van der Waals surface area contributed by atoms with Gasteiger partial charge in [0, 0.05) is 62.8 Å². The molecular weight excluding hydrogens is 632 g/mol. The van der Waals surface area contributed by atoms with E-state index >= 15 is 0 Å². The Hall–Kier alpha value is -4.45. The van der Waals surface area contributed by atoms with E-state index in [9.17, 15) is 14.7 Å². The lowest BCUT2D eigenvalue weighted by atomic mass is 9.98. The van der Waals surface area contributed by atoms with Gasteiger partial charge in [-0.2, -0.15) is 0 Å². The number of nitrogens with zero attached hydrogens (tertiary/aromatic N) is 2. The third kappa shape index (κ3) is 11.3. The molecule has 4 N–H and O–H groups in total. The van der Waals surface area contributed by atoms with Crippen LogP contribution < -0.4 is 10.8 Å². The van der Waals surface area contributed by atoms with Crippen LogP contribution >= 0.6 is 0 Å². The molecule has 2 heterocycles. The number of hydrogen-bond donors (Lipinski definition) is 4. The molecule has 5 rings (SSSR count). The molecule has 3 aromatic carbocycles. The summed E-state index contributed by atoms with van der Waals surface area (Å²) in [5.41, 5.74) is 8.57. The summed E-state index contributed by atoms with van der Waals surface area (Å²) in [6.45, 7) is 2.01. The van der Waals surface area contributed by atoms with Gasteiger partial charge in [-0.05, 0) is 72.0 Å². The first-order valence-electron chi connectivity index (χ1n) is 17.4. The van der Waals surface area contributed by atoms with Gasteiger partial charge >= 0.3 is 0 Å². The highest BCUT2D eigenvalue weighted by Gasteiger charge is 2.33. The van der Waals surface area contributed by atoms with Crippen LogP contribution in [0.15, 0.2) is 97.2 Å². The molecule has 0 aliphatic carbocycles. The van der Waals surface area contributed by atoms with Crippen molar-refractivity contribution in [1.82, 2.24) is 20.7 Å². The van der Waals surface area contributed by atoms with Gasteiger partial charge in [0.2, 0.25) is 11.8 Å². The summed E-state index contributed by atoms with van der Waals surface area (Å²) in [5.74, 6) is -0.443. The molecule has 1 aliphatic heterocycles. The van der Waals surface area contributed by atoms with Crippen LogP contribution in [0.3, 0.4) is 0 Å². The van der Waals surface area contributed by atoms with Gasteiger partial charge in [-0.3, -0.25) is 19.8 Å². The fourth-order valence-corrected chi connectivity index (χ4v) is 6.14. The van der Waals surface area contributed by atoms with Gasteiger partial charge in [0.1, 0.15) is 0 Å². The number of hydroxylamine groups is 1. The SMILES string of the molecule is CN(CCc1ccccn1)C[C@@H]1C[C@H](c2ccc(CO)cc2)O[C@H](c2cccc(-c3cccc(CNC(=O)CCCCCC(=O)NO)c3)c2)O1. The van der Waals surface area contributed by atoms with Gasteiger partial charge in [0.15, 0.2) is 6.29 Å². The lowest BCUT2D eigenvalue weighted by Crippen LogP contribution is -2.38. The smallest absolute Gasteiger partial charge is 0.243 e. The molecule has 4 aromatic rings. The Labute approximate surface area is 294 Å². The van der Waals surface area contributed by atoms with Gasteiger partial charge in [0.25, 0.3) is 0 Å². The van der Waals surface area contributed by atoms with Gasteiger partial charge in [0.05, 0.1) is 18.8 Å². The number of carbonyl (C=O) groups excluding carboxylic acids is 2. The Morgan fingerprint density at radius 2 is 1.60 bits per heavy atom. The van der Waals surface area contributed by atoms with Crippen molar-refractivity contribution in [3.63, 3.8) is 0 Å². The highest BCUT2D eigenvalue weighted by atomic mass is 16.7. The van der Waals surface area contributed by atoms with Crippen molar-refractivity contribution < 1.29 is 29.4 Å². The van der Waals surface area contributed by atoms with Crippen molar-refractivity contribution in [2.45, 2.75) is 76.6 Å². The van der Waals surface area contributed by atoms with E-state index in [0.717, 1.165) is 65.0 Å². The molecule has 1 aromatic heterocycles. The third-order valence-electron chi connectivity index (χ3n) is 8.95. The number of aromatic nitrogens is 1. The van der Waals surface area contributed by atoms with E-state index in [0.29, 0.717) is 32.2 Å². The second kappa shape index (κ2) is 19.1. The zero-order chi connectivity index (χ0) is 35.1. The van der Waals surface area contributed by atoms with Crippen molar-refractivity contribution in [2.75, 3.05) is 20.1 Å². The van der Waals surface area contributed by atoms with Crippen molar-refractivity contribution in [3.8, 4) is 11.1 Å². The zero-order valence-corrected chi connectivity index (χ0v) is 28.7. The number of hydrogen-bond acceptors (Lipinski definition) is 8. The van der Waals surface area contributed by atoms with Crippen LogP contribution in [0.25, 0.3) is 11.1 Å². The lowest BCUT2D eigenvalue weighted by Gasteiger charge is -2.38. The molecule has 264 valence electrons. The van der Waals surface area contributed by atoms with Crippen LogP contribution in [0.2, 0.25) is 0 Å². The van der Waals surface area contributed by atoms with E-state index in [1.807, 2.05) is 66.9 Å². The molecule has 10 nitrogen and oxygen atoms in total. The minimum atomic E-state index is -0.569. The number of carbonyl (C=O) groups is 2. The maximum atomic E-state index is 12.4. The molecule has 0 saturated carbocycles. The summed E-state index contributed by atoms with van der Waals surface area (Å²) in [7, 11) is 2.11. The van der Waals surface area contributed by atoms with Crippen LogP contribution in [0.5, 0.6) is 0 Å². The summed E-state index contributed by atoms with van der Waals surface area (Å²) < 4.78 is 13.3. The Morgan fingerprint density at radius 1 is 0.840 bits per heavy atom. The summed E-state index contributed by atoms with van der Waals surface area (Å²) in [6, 6.07) is 30.3. The molecule has 50 heavy (non-hydrogen) atoms. The lowest BCUT2D eigenvalue weighted by molar-refractivity contribution is -0.252. The quantitative estimate of drug-likeness (QED) is 0.0604. The van der Waals surface area contributed by atoms with Gasteiger partial charge in [-0.1, -0.05) is 73.2 Å². The monoisotopic (exact) mass is 680 g/mol. The van der Waals surface area contributed by atoms with E-state index in [1.54, 1.807) is 5.48 Å². The van der Waals surface area contributed by atoms with Crippen molar-refractivity contribution >= 4 is 11.8 Å². The van der Waals surface area contributed by atoms with E-state index < -0.39 is 12.2 Å². The highest BCUT2D eigenvalue weighted by Crippen LogP contribution is 2.39. The number of nitrogens with one attached hydrogen (secondary N) is 2. The van der Waals surface area contributed by atoms with E-state index in [1.165, 1.54) is 0 Å². The number of ether oxygens (including phenoxy) is 2. The van der Waals surface area contributed by atoms with E-state index in [4.69, 9.17) is 14.7 Å². The number of unbranched alkanes of at least 4 members (excludes halogenated alkanes) is 2. The zero-order valence-electron chi connectivity index (χ0n) is 28.7. The number of aliphatic hydroxyl groups is 1. The average Bonchev–Trinajstić information content (AvgIpc) is 3.16. The summed E-state index contributed by atoms with van der Waals surface area (Å²) in [6.07, 6.45) is 5.25. The molecule has 3 atom stereocenters. The predicted octanol–water partition coefficient (Wildman–Crippen LogP) is 6.03. The summed E-state index contributed by atoms with van der Waals surface area (Å²) in [4.78, 5) is 30.3.